The lowest BCUT2D eigenvalue weighted by Gasteiger charge is -2.38. The van der Waals surface area contributed by atoms with Gasteiger partial charge in [-0.15, -0.1) is 0 Å². The smallest absolute Gasteiger partial charge is 0.229 e. The fraction of sp³-hybridized carbons (Fsp3) is 0.846. The van der Waals surface area contributed by atoms with E-state index in [0.717, 1.165) is 17.7 Å². The van der Waals surface area contributed by atoms with Gasteiger partial charge in [0.2, 0.25) is 5.89 Å². The Bertz CT molecular complexity index is 376. The topological polar surface area (TPSA) is 64.9 Å². The van der Waals surface area contributed by atoms with Gasteiger partial charge in [0.05, 0.1) is 6.54 Å². The number of rotatable bonds is 2. The summed E-state index contributed by atoms with van der Waals surface area (Å²) in [5.41, 5.74) is 5.51. The van der Waals surface area contributed by atoms with Crippen molar-refractivity contribution < 1.29 is 4.52 Å². The van der Waals surface area contributed by atoms with Gasteiger partial charge < -0.3 is 10.3 Å². The summed E-state index contributed by atoms with van der Waals surface area (Å²) in [4.78, 5) is 4.39. The third kappa shape index (κ3) is 2.23. The van der Waals surface area contributed by atoms with Crippen LogP contribution in [0.2, 0.25) is 0 Å². The van der Waals surface area contributed by atoms with Crippen molar-refractivity contribution in [1.29, 1.82) is 0 Å². The summed E-state index contributed by atoms with van der Waals surface area (Å²) >= 11 is 0. The van der Waals surface area contributed by atoms with Crippen LogP contribution in [0.3, 0.4) is 0 Å². The first-order valence-corrected chi connectivity index (χ1v) is 6.89. The van der Waals surface area contributed by atoms with E-state index in [1.54, 1.807) is 0 Å². The van der Waals surface area contributed by atoms with Gasteiger partial charge in [0.1, 0.15) is 0 Å². The normalized spacial score (nSPS) is 33.4. The second-order valence-electron chi connectivity index (χ2n) is 5.57. The Kier molecular flexibility index (Phi) is 3.14. The van der Waals surface area contributed by atoms with E-state index < -0.39 is 0 Å². The van der Waals surface area contributed by atoms with Gasteiger partial charge in [0.15, 0.2) is 5.82 Å². The lowest BCUT2D eigenvalue weighted by Crippen LogP contribution is -2.27. The number of nitrogens with zero attached hydrogens (tertiary/aromatic N) is 2. The monoisotopic (exact) mass is 235 g/mol. The molecule has 94 valence electrons. The summed E-state index contributed by atoms with van der Waals surface area (Å²) in [6.07, 6.45) is 9.49. The first-order chi connectivity index (χ1) is 8.36. The molecule has 4 nitrogen and oxygen atoms in total. The number of hydrogen-bond acceptors (Lipinski definition) is 4. The molecule has 0 radical (unpaired) electrons. The molecule has 0 spiro atoms. The third-order valence-corrected chi connectivity index (χ3v) is 4.56. The molecule has 0 aromatic carbocycles. The zero-order valence-corrected chi connectivity index (χ0v) is 10.3. The molecule has 1 heterocycles. The predicted molar refractivity (Wildman–Crippen MR) is 64.2 cm³/mol. The molecule has 2 fully saturated rings. The number of fused-ring (bicyclic) bond motifs is 1. The maximum absolute atomic E-state index is 5.51. The van der Waals surface area contributed by atoms with Gasteiger partial charge in [-0.2, -0.15) is 4.98 Å². The lowest BCUT2D eigenvalue weighted by molar-refractivity contribution is 0.142. The Morgan fingerprint density at radius 2 is 1.94 bits per heavy atom. The molecule has 0 amide bonds. The highest BCUT2D eigenvalue weighted by atomic mass is 16.5. The predicted octanol–water partition coefficient (Wildman–Crippen LogP) is 2.60. The third-order valence-electron chi connectivity index (χ3n) is 4.56. The lowest BCUT2D eigenvalue weighted by atomic mass is 9.67. The van der Waals surface area contributed by atoms with Crippen LogP contribution in [0.5, 0.6) is 0 Å². The fourth-order valence-electron chi connectivity index (χ4n) is 3.61. The summed E-state index contributed by atoms with van der Waals surface area (Å²) in [6, 6.07) is 0. The summed E-state index contributed by atoms with van der Waals surface area (Å²) in [5.74, 6) is 3.83. The minimum absolute atomic E-state index is 0.377. The summed E-state index contributed by atoms with van der Waals surface area (Å²) in [6.45, 7) is 0.377. The molecular formula is C13H21N3O. The highest BCUT2D eigenvalue weighted by Gasteiger charge is 2.34. The number of aromatic nitrogens is 2. The van der Waals surface area contributed by atoms with Crippen molar-refractivity contribution >= 4 is 0 Å². The number of nitrogens with two attached hydrogens (primary N) is 1. The highest BCUT2D eigenvalue weighted by Crippen LogP contribution is 2.45. The van der Waals surface area contributed by atoms with Crippen LogP contribution >= 0.6 is 0 Å². The van der Waals surface area contributed by atoms with Crippen molar-refractivity contribution in [1.82, 2.24) is 10.1 Å². The van der Waals surface area contributed by atoms with E-state index in [1.807, 2.05) is 0 Å². The zero-order valence-electron chi connectivity index (χ0n) is 10.3. The molecule has 0 aliphatic heterocycles. The molecule has 3 rings (SSSR count). The molecule has 17 heavy (non-hydrogen) atoms. The van der Waals surface area contributed by atoms with Gasteiger partial charge in [-0.1, -0.05) is 30.8 Å². The second-order valence-corrected chi connectivity index (χ2v) is 5.57. The van der Waals surface area contributed by atoms with Crippen LogP contribution in [0.25, 0.3) is 0 Å². The van der Waals surface area contributed by atoms with Gasteiger partial charge in [-0.25, -0.2) is 0 Å². The van der Waals surface area contributed by atoms with Gasteiger partial charge >= 0.3 is 0 Å². The molecule has 3 unspecified atom stereocenters. The molecule has 2 aliphatic rings. The van der Waals surface area contributed by atoms with Crippen LogP contribution < -0.4 is 5.73 Å². The van der Waals surface area contributed by atoms with Crippen LogP contribution in [-0.4, -0.2) is 10.1 Å². The SMILES string of the molecule is NCc1noc(C2CCC3CCCCC3C2)n1. The van der Waals surface area contributed by atoms with Gasteiger partial charge in [0, 0.05) is 5.92 Å². The molecule has 2 saturated carbocycles. The first-order valence-electron chi connectivity index (χ1n) is 6.89. The van der Waals surface area contributed by atoms with Gasteiger partial charge in [-0.3, -0.25) is 0 Å². The van der Waals surface area contributed by atoms with Gasteiger partial charge in [-0.05, 0) is 31.1 Å². The molecule has 3 atom stereocenters. The Hall–Kier alpha value is -0.900. The van der Waals surface area contributed by atoms with E-state index in [-0.39, 0.29) is 0 Å². The fourth-order valence-corrected chi connectivity index (χ4v) is 3.61. The van der Waals surface area contributed by atoms with Crippen molar-refractivity contribution in [3.63, 3.8) is 0 Å². The average Bonchev–Trinajstić information content (AvgIpc) is 2.87. The van der Waals surface area contributed by atoms with Crippen LogP contribution in [0.4, 0.5) is 0 Å². The standard InChI is InChI=1S/C13H21N3O/c14-8-12-15-13(17-16-12)11-6-5-9-3-1-2-4-10(9)7-11/h9-11H,1-8,14H2. The van der Waals surface area contributed by atoms with Crippen LogP contribution in [0.1, 0.15) is 62.6 Å². The van der Waals surface area contributed by atoms with E-state index >= 15 is 0 Å². The molecule has 2 aliphatic carbocycles. The number of hydrogen-bond donors (Lipinski definition) is 1. The van der Waals surface area contributed by atoms with Crippen molar-refractivity contribution in [2.24, 2.45) is 17.6 Å². The maximum Gasteiger partial charge on any atom is 0.229 e. The molecular weight excluding hydrogens is 214 g/mol. The van der Waals surface area contributed by atoms with E-state index in [0.29, 0.717) is 18.3 Å². The van der Waals surface area contributed by atoms with Crippen molar-refractivity contribution in [3.8, 4) is 0 Å². The zero-order chi connectivity index (χ0) is 11.7. The summed E-state index contributed by atoms with van der Waals surface area (Å²) in [7, 11) is 0. The van der Waals surface area contributed by atoms with Crippen LogP contribution in [0, 0.1) is 11.8 Å². The van der Waals surface area contributed by atoms with Crippen molar-refractivity contribution in [3.05, 3.63) is 11.7 Å². The molecule has 0 saturated heterocycles. The second kappa shape index (κ2) is 4.77. The summed E-state index contributed by atoms with van der Waals surface area (Å²) in [5, 5.41) is 3.90. The maximum atomic E-state index is 5.51. The van der Waals surface area contributed by atoms with E-state index in [4.69, 9.17) is 10.3 Å². The minimum atomic E-state index is 0.377. The minimum Gasteiger partial charge on any atom is -0.339 e. The average molecular weight is 235 g/mol. The Morgan fingerprint density at radius 1 is 1.12 bits per heavy atom. The molecule has 4 heteroatoms. The van der Waals surface area contributed by atoms with Crippen molar-refractivity contribution in [2.75, 3.05) is 0 Å². The quantitative estimate of drug-likeness (QED) is 0.855. The first kappa shape index (κ1) is 11.2. The van der Waals surface area contributed by atoms with Crippen LogP contribution in [-0.2, 0) is 6.54 Å². The Labute approximate surface area is 102 Å². The molecule has 1 aromatic rings. The molecule has 2 N–H and O–H groups in total. The highest BCUT2D eigenvalue weighted by molar-refractivity contribution is 4.98. The van der Waals surface area contributed by atoms with E-state index in [2.05, 4.69) is 10.1 Å². The van der Waals surface area contributed by atoms with E-state index in [9.17, 15) is 0 Å². The molecule has 1 aromatic heterocycles. The van der Waals surface area contributed by atoms with Crippen molar-refractivity contribution in [2.45, 2.75) is 57.4 Å². The van der Waals surface area contributed by atoms with Crippen LogP contribution in [0.15, 0.2) is 4.52 Å². The van der Waals surface area contributed by atoms with Gasteiger partial charge in [0.25, 0.3) is 0 Å². The molecule has 0 bridgehead atoms. The van der Waals surface area contributed by atoms with E-state index in [1.165, 1.54) is 44.9 Å². The largest absolute Gasteiger partial charge is 0.339 e. The Balaban J connectivity index is 1.68. The Morgan fingerprint density at radius 3 is 2.71 bits per heavy atom. The summed E-state index contributed by atoms with van der Waals surface area (Å²) < 4.78 is 5.33.